The van der Waals surface area contributed by atoms with Crippen LogP contribution in [0.4, 0.5) is 0 Å². The second kappa shape index (κ2) is 9.38. The van der Waals surface area contributed by atoms with E-state index in [2.05, 4.69) is 21.3 Å². The third-order valence-electron chi connectivity index (χ3n) is 2.11. The summed E-state index contributed by atoms with van der Waals surface area (Å²) in [5, 5.41) is 11.3. The first-order chi connectivity index (χ1) is 8.38. The van der Waals surface area contributed by atoms with Crippen LogP contribution in [0.3, 0.4) is 0 Å². The van der Waals surface area contributed by atoms with Crippen LogP contribution in [-0.4, -0.2) is 61.3 Å². The van der Waals surface area contributed by atoms with E-state index < -0.39 is 18.1 Å². The molecule has 1 radical (unpaired) electrons. The molecular formula is C10H17N2O4SSe. The Hall–Kier alpha value is -0.561. The molecule has 18 heavy (non-hydrogen) atoms. The molecule has 0 aromatic heterocycles. The molecule has 0 aromatic rings. The molecule has 2 atom stereocenters. The van der Waals surface area contributed by atoms with Crippen molar-refractivity contribution in [1.82, 2.24) is 5.32 Å². The molecule has 0 aliphatic carbocycles. The number of hydrogen-bond acceptors (Lipinski definition) is 5. The van der Waals surface area contributed by atoms with E-state index in [4.69, 9.17) is 10.8 Å². The molecular weight excluding hydrogens is 323 g/mol. The fraction of sp³-hybridized carbons (Fsp3) is 0.700. The van der Waals surface area contributed by atoms with Gasteiger partial charge in [-0.15, -0.1) is 0 Å². The van der Waals surface area contributed by atoms with Gasteiger partial charge in [0, 0.05) is 0 Å². The summed E-state index contributed by atoms with van der Waals surface area (Å²) in [5.41, 5.74) is 5.51. The second-order valence-electron chi connectivity index (χ2n) is 3.60. The Labute approximate surface area is 118 Å². The quantitative estimate of drug-likeness (QED) is 0.371. The SMILES string of the molecule is CCC(=O)N[C@@H](CCSC[C@H](N)C(=O)[Se])C(=O)O. The summed E-state index contributed by atoms with van der Waals surface area (Å²) in [4.78, 5) is 32.8. The number of hydrogen-bond donors (Lipinski definition) is 3. The van der Waals surface area contributed by atoms with E-state index in [9.17, 15) is 14.4 Å². The van der Waals surface area contributed by atoms with Gasteiger partial charge in [-0.2, -0.15) is 0 Å². The van der Waals surface area contributed by atoms with Gasteiger partial charge in [0.15, 0.2) is 0 Å². The van der Waals surface area contributed by atoms with E-state index in [1.54, 1.807) is 6.92 Å². The fourth-order valence-electron chi connectivity index (χ4n) is 1.03. The Balaban J connectivity index is 3.95. The minimum atomic E-state index is -1.05. The van der Waals surface area contributed by atoms with E-state index >= 15 is 0 Å². The predicted octanol–water partition coefficient (Wildman–Crippen LogP) is -0.888. The molecule has 0 spiro atoms. The first kappa shape index (κ1) is 17.4. The summed E-state index contributed by atoms with van der Waals surface area (Å²) in [6, 6.07) is -1.45. The van der Waals surface area contributed by atoms with Crippen LogP contribution in [0.15, 0.2) is 0 Å². The number of nitrogens with one attached hydrogen (secondary N) is 1. The van der Waals surface area contributed by atoms with Crippen molar-refractivity contribution in [3.63, 3.8) is 0 Å². The van der Waals surface area contributed by atoms with Gasteiger partial charge in [-0.05, 0) is 0 Å². The molecule has 0 aliphatic heterocycles. The average Bonchev–Trinajstić information content (AvgIpc) is 2.31. The third kappa shape index (κ3) is 7.71. The number of aliphatic carboxylic acids is 1. The normalized spacial score (nSPS) is 13.7. The van der Waals surface area contributed by atoms with Crippen molar-refractivity contribution < 1.29 is 19.5 Å². The number of carboxylic acid groups (broad SMARTS) is 1. The first-order valence-corrected chi connectivity index (χ1v) is 7.46. The van der Waals surface area contributed by atoms with Crippen LogP contribution >= 0.6 is 11.8 Å². The van der Waals surface area contributed by atoms with Gasteiger partial charge >= 0.3 is 118 Å². The second-order valence-corrected chi connectivity index (χ2v) is 5.60. The summed E-state index contributed by atoms with van der Waals surface area (Å²) in [6.07, 6.45) is 0.558. The topological polar surface area (TPSA) is 109 Å². The maximum atomic E-state index is 11.1. The first-order valence-electron chi connectivity index (χ1n) is 5.44. The Morgan fingerprint density at radius 1 is 1.44 bits per heavy atom. The number of carbonyl (C=O) groups excluding carboxylic acids is 2. The molecule has 6 nitrogen and oxygen atoms in total. The number of thioether (sulfide) groups is 1. The summed E-state index contributed by atoms with van der Waals surface area (Å²) in [6.45, 7) is 1.66. The molecule has 0 fully saturated rings. The third-order valence-corrected chi connectivity index (χ3v) is 3.86. The van der Waals surface area contributed by atoms with E-state index in [1.165, 1.54) is 11.8 Å². The molecule has 0 aliphatic rings. The monoisotopic (exact) mass is 341 g/mol. The van der Waals surface area contributed by atoms with Gasteiger partial charge in [0.05, 0.1) is 0 Å². The molecule has 8 heteroatoms. The van der Waals surface area contributed by atoms with Crippen molar-refractivity contribution >= 4 is 44.3 Å². The zero-order valence-corrected chi connectivity index (χ0v) is 12.6. The van der Waals surface area contributed by atoms with E-state index in [1.807, 2.05) is 0 Å². The minimum absolute atomic E-state index is 0.212. The molecule has 0 bridgehead atoms. The van der Waals surface area contributed by atoms with Crippen molar-refractivity contribution in [2.75, 3.05) is 11.5 Å². The summed E-state index contributed by atoms with van der Waals surface area (Å²) in [7, 11) is 0. The standard InChI is InChI=1S/C10H17N2O4SSe/c1-2-8(13)12-7(9(14)15)3-4-17-5-6(11)10(16)18/h6-7H,2-5,11H2,1H3,(H,12,13)(H,14,15)/t6-,7-/m0/s1. The molecule has 103 valence electrons. The predicted molar refractivity (Wildman–Crippen MR) is 70.5 cm³/mol. The van der Waals surface area contributed by atoms with Gasteiger partial charge in [0.2, 0.25) is 0 Å². The van der Waals surface area contributed by atoms with Crippen LogP contribution in [0.2, 0.25) is 0 Å². The van der Waals surface area contributed by atoms with Gasteiger partial charge < -0.3 is 0 Å². The average molecular weight is 340 g/mol. The maximum absolute atomic E-state index is 11.1. The number of carboxylic acids is 1. The molecule has 0 unspecified atom stereocenters. The molecule has 0 saturated heterocycles. The van der Waals surface area contributed by atoms with Crippen LogP contribution in [-0.2, 0) is 14.4 Å². The van der Waals surface area contributed by atoms with Crippen molar-refractivity contribution in [2.45, 2.75) is 31.8 Å². The van der Waals surface area contributed by atoms with Gasteiger partial charge in [0.1, 0.15) is 0 Å². The zero-order valence-electron chi connectivity index (χ0n) is 10.0. The van der Waals surface area contributed by atoms with Crippen molar-refractivity contribution in [3.8, 4) is 0 Å². The molecule has 0 aromatic carbocycles. The van der Waals surface area contributed by atoms with Crippen molar-refractivity contribution in [3.05, 3.63) is 0 Å². The molecule has 0 rings (SSSR count). The molecule has 1 amide bonds. The van der Waals surface area contributed by atoms with Crippen LogP contribution in [0.1, 0.15) is 19.8 Å². The summed E-state index contributed by atoms with van der Waals surface area (Å²) < 4.78 is -0.212. The summed E-state index contributed by atoms with van der Waals surface area (Å²) in [5.74, 6) is -0.397. The van der Waals surface area contributed by atoms with Gasteiger partial charge in [0.25, 0.3) is 0 Å². The van der Waals surface area contributed by atoms with Crippen LogP contribution in [0.25, 0.3) is 0 Å². The van der Waals surface area contributed by atoms with Crippen LogP contribution < -0.4 is 11.1 Å². The molecule has 0 heterocycles. The summed E-state index contributed by atoms with van der Waals surface area (Å²) >= 11 is 3.70. The molecule has 0 saturated carbocycles. The van der Waals surface area contributed by atoms with Crippen molar-refractivity contribution in [2.24, 2.45) is 5.73 Å². The van der Waals surface area contributed by atoms with E-state index in [-0.39, 0.29) is 17.0 Å². The number of nitrogens with two attached hydrogens (primary N) is 1. The number of rotatable bonds is 9. The van der Waals surface area contributed by atoms with Gasteiger partial charge in [-0.25, -0.2) is 0 Å². The fourth-order valence-corrected chi connectivity index (χ4v) is 2.42. The van der Waals surface area contributed by atoms with Crippen LogP contribution in [0, 0.1) is 0 Å². The zero-order chi connectivity index (χ0) is 14.1. The van der Waals surface area contributed by atoms with Gasteiger partial charge in [-0.1, -0.05) is 0 Å². The Morgan fingerprint density at radius 2 is 2.06 bits per heavy atom. The van der Waals surface area contributed by atoms with Crippen molar-refractivity contribution in [1.29, 1.82) is 0 Å². The molecule has 4 N–H and O–H groups in total. The van der Waals surface area contributed by atoms with Gasteiger partial charge in [-0.3, -0.25) is 0 Å². The van der Waals surface area contributed by atoms with E-state index in [0.717, 1.165) is 0 Å². The Bertz CT molecular complexity index is 314. The number of carbonyl (C=O) groups is 3. The number of amides is 1. The Kier molecular flexibility index (Phi) is 9.09. The van der Waals surface area contributed by atoms with E-state index in [0.29, 0.717) is 17.9 Å². The van der Waals surface area contributed by atoms with Crippen LogP contribution in [0.5, 0.6) is 0 Å². The Morgan fingerprint density at radius 3 is 2.50 bits per heavy atom.